The van der Waals surface area contributed by atoms with E-state index in [1.165, 1.54) is 12.7 Å². The summed E-state index contributed by atoms with van der Waals surface area (Å²) in [6.07, 6.45) is 2.64. The molecule has 0 saturated heterocycles. The largest absolute Gasteiger partial charge is 0.467 e. The summed E-state index contributed by atoms with van der Waals surface area (Å²) in [5.74, 6) is 0.219. The van der Waals surface area contributed by atoms with Crippen LogP contribution in [0, 0.1) is 0 Å². The van der Waals surface area contributed by atoms with Crippen molar-refractivity contribution in [2.24, 2.45) is 0 Å². The molecule has 1 atom stereocenters. The van der Waals surface area contributed by atoms with E-state index in [1.807, 2.05) is 0 Å². The van der Waals surface area contributed by atoms with Gasteiger partial charge in [0.1, 0.15) is 11.8 Å². The average Bonchev–Trinajstić information content (AvgIpc) is 3.24. The number of nitrogens with one attached hydrogen (secondary N) is 1. The van der Waals surface area contributed by atoms with Crippen LogP contribution in [0.1, 0.15) is 22.3 Å². The Morgan fingerprint density at radius 2 is 2.09 bits per heavy atom. The minimum atomic E-state index is -0.673. The molecule has 0 saturated carbocycles. The van der Waals surface area contributed by atoms with Crippen LogP contribution in [0.5, 0.6) is 0 Å². The van der Waals surface area contributed by atoms with Gasteiger partial charge in [0.2, 0.25) is 0 Å². The molecule has 0 bridgehead atoms. The van der Waals surface area contributed by atoms with Gasteiger partial charge >= 0.3 is 0 Å². The van der Waals surface area contributed by atoms with E-state index >= 15 is 0 Å². The molecule has 2 N–H and O–H groups in total. The molecule has 1 amide bonds. The molecular weight excluding hydrogens is 320 g/mol. The summed E-state index contributed by atoms with van der Waals surface area (Å²) >= 11 is 6.13. The normalized spacial score (nSPS) is 12.1. The summed E-state index contributed by atoms with van der Waals surface area (Å²) in [5.41, 5.74) is 0.651. The van der Waals surface area contributed by atoms with Crippen LogP contribution in [0.3, 0.4) is 0 Å². The molecule has 118 valence electrons. The number of oxazole rings is 1. The minimum absolute atomic E-state index is 0.0862. The maximum atomic E-state index is 12.4. The Hall–Kier alpha value is -2.57. The maximum absolute atomic E-state index is 12.4. The molecule has 0 spiro atoms. The third kappa shape index (κ3) is 3.13. The Morgan fingerprint density at radius 1 is 1.26 bits per heavy atom. The topological polar surface area (TPSA) is 88.5 Å². The van der Waals surface area contributed by atoms with Crippen molar-refractivity contribution in [2.75, 3.05) is 6.61 Å². The summed E-state index contributed by atoms with van der Waals surface area (Å²) in [7, 11) is 0. The highest BCUT2D eigenvalue weighted by atomic mass is 35.5. The molecule has 2 heterocycles. The minimum Gasteiger partial charge on any atom is -0.467 e. The second-order valence-electron chi connectivity index (χ2n) is 4.73. The number of aliphatic hydroxyl groups excluding tert-OH is 1. The number of hydrogen-bond acceptors (Lipinski definition) is 5. The number of hydrogen-bond donors (Lipinski definition) is 2. The van der Waals surface area contributed by atoms with Gasteiger partial charge in [-0.15, -0.1) is 0 Å². The summed E-state index contributed by atoms with van der Waals surface area (Å²) in [4.78, 5) is 16.4. The number of aromatic nitrogens is 1. The molecule has 0 aliphatic heterocycles. The van der Waals surface area contributed by atoms with E-state index in [4.69, 9.17) is 20.4 Å². The molecule has 1 aromatic carbocycles. The predicted molar refractivity (Wildman–Crippen MR) is 83.0 cm³/mol. The van der Waals surface area contributed by atoms with Gasteiger partial charge < -0.3 is 19.3 Å². The fourth-order valence-electron chi connectivity index (χ4n) is 2.17. The van der Waals surface area contributed by atoms with Gasteiger partial charge in [-0.1, -0.05) is 23.7 Å². The fourth-order valence-corrected chi connectivity index (χ4v) is 2.39. The summed E-state index contributed by atoms with van der Waals surface area (Å²) in [5, 5.41) is 12.5. The number of furan rings is 1. The number of aliphatic hydroxyl groups is 1. The second kappa shape index (κ2) is 6.68. The van der Waals surface area contributed by atoms with Crippen molar-refractivity contribution in [3.63, 3.8) is 0 Å². The maximum Gasteiger partial charge on any atom is 0.274 e. The van der Waals surface area contributed by atoms with Crippen molar-refractivity contribution >= 4 is 17.5 Å². The average molecular weight is 333 g/mol. The van der Waals surface area contributed by atoms with Crippen LogP contribution in [-0.2, 0) is 0 Å². The summed E-state index contributed by atoms with van der Waals surface area (Å²) in [6.45, 7) is -0.307. The van der Waals surface area contributed by atoms with Crippen LogP contribution in [0.4, 0.5) is 0 Å². The number of nitrogens with zero attached hydrogens (tertiary/aromatic N) is 1. The summed E-state index contributed by atoms with van der Waals surface area (Å²) < 4.78 is 10.5. The van der Waals surface area contributed by atoms with Crippen LogP contribution in [0.2, 0.25) is 5.02 Å². The molecule has 0 aliphatic rings. The number of rotatable bonds is 5. The van der Waals surface area contributed by atoms with Gasteiger partial charge in [-0.3, -0.25) is 4.79 Å². The van der Waals surface area contributed by atoms with E-state index in [2.05, 4.69) is 10.3 Å². The fraction of sp³-hybridized carbons (Fsp3) is 0.125. The number of benzene rings is 1. The Balaban J connectivity index is 1.87. The molecule has 6 nitrogen and oxygen atoms in total. The smallest absolute Gasteiger partial charge is 0.274 e. The van der Waals surface area contributed by atoms with Gasteiger partial charge in [0.15, 0.2) is 17.8 Å². The van der Waals surface area contributed by atoms with Gasteiger partial charge in [0.05, 0.1) is 17.9 Å². The van der Waals surface area contributed by atoms with Gasteiger partial charge in [0.25, 0.3) is 5.91 Å². The molecular formula is C16H13ClN2O4. The highest BCUT2D eigenvalue weighted by Crippen LogP contribution is 2.30. The second-order valence-corrected chi connectivity index (χ2v) is 5.14. The van der Waals surface area contributed by atoms with Crippen LogP contribution >= 0.6 is 11.6 Å². The van der Waals surface area contributed by atoms with E-state index in [0.29, 0.717) is 16.3 Å². The van der Waals surface area contributed by atoms with E-state index in [-0.39, 0.29) is 18.1 Å². The van der Waals surface area contributed by atoms with Crippen molar-refractivity contribution in [3.05, 3.63) is 65.5 Å². The van der Waals surface area contributed by atoms with Crippen LogP contribution < -0.4 is 5.32 Å². The first-order valence-electron chi connectivity index (χ1n) is 6.84. The standard InChI is InChI=1S/C16H13ClN2O4/c17-11-5-2-1-4-10(11)15-14(18-9-23-15)16(21)19-12(8-20)13-6-3-7-22-13/h1-7,9,12,20H,8H2,(H,19,21). The molecule has 23 heavy (non-hydrogen) atoms. The third-order valence-corrected chi connectivity index (χ3v) is 3.61. The molecule has 0 fully saturated rings. The zero-order chi connectivity index (χ0) is 16.2. The van der Waals surface area contributed by atoms with Crippen molar-refractivity contribution in [2.45, 2.75) is 6.04 Å². The lowest BCUT2D eigenvalue weighted by atomic mass is 10.1. The molecule has 2 aromatic heterocycles. The van der Waals surface area contributed by atoms with E-state index < -0.39 is 11.9 Å². The zero-order valence-corrected chi connectivity index (χ0v) is 12.7. The first-order valence-corrected chi connectivity index (χ1v) is 7.22. The van der Waals surface area contributed by atoms with Crippen molar-refractivity contribution < 1.29 is 18.7 Å². The molecule has 1 unspecified atom stereocenters. The molecule has 7 heteroatoms. The van der Waals surface area contributed by atoms with Gasteiger partial charge in [-0.2, -0.15) is 0 Å². The van der Waals surface area contributed by atoms with E-state index in [9.17, 15) is 9.90 Å². The van der Waals surface area contributed by atoms with Gasteiger partial charge in [-0.05, 0) is 24.3 Å². The predicted octanol–water partition coefficient (Wildman–Crippen LogP) is 3.05. The van der Waals surface area contributed by atoms with Crippen molar-refractivity contribution in [1.82, 2.24) is 10.3 Å². The Morgan fingerprint density at radius 3 is 2.78 bits per heavy atom. The highest BCUT2D eigenvalue weighted by Gasteiger charge is 2.23. The van der Waals surface area contributed by atoms with Crippen LogP contribution in [0.25, 0.3) is 11.3 Å². The molecule has 3 aromatic rings. The quantitative estimate of drug-likeness (QED) is 0.749. The lowest BCUT2D eigenvalue weighted by molar-refractivity contribution is 0.0903. The number of amides is 1. The first-order chi connectivity index (χ1) is 11.2. The van der Waals surface area contributed by atoms with Crippen molar-refractivity contribution in [3.8, 4) is 11.3 Å². The third-order valence-electron chi connectivity index (χ3n) is 3.28. The molecule has 0 aliphatic carbocycles. The van der Waals surface area contributed by atoms with Crippen LogP contribution in [0.15, 0.2) is 57.9 Å². The van der Waals surface area contributed by atoms with E-state index in [0.717, 1.165) is 0 Å². The van der Waals surface area contributed by atoms with Gasteiger partial charge in [0, 0.05) is 5.56 Å². The monoisotopic (exact) mass is 332 g/mol. The lowest BCUT2D eigenvalue weighted by Gasteiger charge is -2.13. The Kier molecular flexibility index (Phi) is 4.45. The Labute approximate surface area is 136 Å². The van der Waals surface area contributed by atoms with Crippen molar-refractivity contribution in [1.29, 1.82) is 0 Å². The number of halogens is 1. The first kappa shape index (κ1) is 15.3. The lowest BCUT2D eigenvalue weighted by Crippen LogP contribution is -2.31. The highest BCUT2D eigenvalue weighted by molar-refractivity contribution is 6.33. The SMILES string of the molecule is O=C(NC(CO)c1ccco1)c1ncoc1-c1ccccc1Cl. The number of carbonyl (C=O) groups is 1. The Bertz CT molecular complexity index is 798. The summed E-state index contributed by atoms with van der Waals surface area (Å²) in [6, 6.07) is 9.66. The molecule has 0 radical (unpaired) electrons. The molecule has 3 rings (SSSR count). The van der Waals surface area contributed by atoms with Gasteiger partial charge in [-0.25, -0.2) is 4.98 Å². The van der Waals surface area contributed by atoms with E-state index in [1.54, 1.807) is 36.4 Å². The zero-order valence-electron chi connectivity index (χ0n) is 11.9. The van der Waals surface area contributed by atoms with Crippen LogP contribution in [-0.4, -0.2) is 22.6 Å². The number of carbonyl (C=O) groups excluding carboxylic acids is 1.